The highest BCUT2D eigenvalue weighted by Gasteiger charge is 2.30. The molecule has 0 unspecified atom stereocenters. The number of benzene rings is 2. The topological polar surface area (TPSA) is 23.5 Å². The van der Waals surface area contributed by atoms with E-state index in [-0.39, 0.29) is 6.04 Å². The number of hydrogen-bond donors (Lipinski definition) is 1. The van der Waals surface area contributed by atoms with Gasteiger partial charge in [-0.2, -0.15) is 0 Å². The first-order valence-corrected chi connectivity index (χ1v) is 7.38. The van der Waals surface area contributed by atoms with Crippen molar-refractivity contribution in [3.05, 3.63) is 71.8 Å². The fourth-order valence-electron chi connectivity index (χ4n) is 3.10. The van der Waals surface area contributed by atoms with Crippen LogP contribution in [0.5, 0.6) is 0 Å². The van der Waals surface area contributed by atoms with Crippen molar-refractivity contribution in [1.29, 1.82) is 0 Å². The van der Waals surface area contributed by atoms with Gasteiger partial charge in [-0.15, -0.1) is 0 Å². The Morgan fingerprint density at radius 1 is 0.750 bits per heavy atom. The quantitative estimate of drug-likeness (QED) is 0.915. The Morgan fingerprint density at radius 3 is 1.80 bits per heavy atom. The third kappa shape index (κ3) is 2.77. The lowest BCUT2D eigenvalue weighted by atomic mass is 9.94. The van der Waals surface area contributed by atoms with Gasteiger partial charge in [-0.25, -0.2) is 0 Å². The van der Waals surface area contributed by atoms with E-state index in [1.165, 1.54) is 18.4 Å². The monoisotopic (exact) mass is 267 g/mol. The van der Waals surface area contributed by atoms with E-state index in [0.29, 0.717) is 0 Å². The Balaban J connectivity index is 1.93. The third-order valence-electron chi connectivity index (χ3n) is 4.12. The number of rotatable bonds is 4. The van der Waals surface area contributed by atoms with Crippen LogP contribution in [0.1, 0.15) is 36.1 Å². The summed E-state index contributed by atoms with van der Waals surface area (Å²) in [4.78, 5) is 2.41. The minimum Gasteiger partial charge on any atom is -0.386 e. The minimum absolute atomic E-state index is 0.0566. The number of hydrogen-bond acceptors (Lipinski definition) is 2. The average Bonchev–Trinajstić information content (AvgIpc) is 3.03. The summed E-state index contributed by atoms with van der Waals surface area (Å²) in [6.07, 6.45) is 1.98. The Bertz CT molecular complexity index is 520. The summed E-state index contributed by atoms with van der Waals surface area (Å²) >= 11 is 0. The molecule has 0 saturated carbocycles. The maximum Gasteiger partial charge on any atom is 0.0986 e. The molecule has 2 aromatic rings. The molecule has 0 bridgehead atoms. The zero-order chi connectivity index (χ0) is 13.8. The second-order valence-electron chi connectivity index (χ2n) is 5.45. The highest BCUT2D eigenvalue weighted by Crippen LogP contribution is 2.35. The number of likely N-dealkylation sites (tertiary alicyclic amines) is 1. The zero-order valence-electron chi connectivity index (χ0n) is 11.7. The van der Waals surface area contributed by atoms with E-state index in [1.54, 1.807) is 0 Å². The third-order valence-corrected chi connectivity index (χ3v) is 4.12. The number of aliphatic hydroxyl groups is 1. The predicted octanol–water partition coefficient (Wildman–Crippen LogP) is 3.56. The van der Waals surface area contributed by atoms with Gasteiger partial charge in [0.25, 0.3) is 0 Å². The summed E-state index contributed by atoms with van der Waals surface area (Å²) in [5.74, 6) is 0. The number of aliphatic hydroxyl groups excluding tert-OH is 1. The molecule has 2 nitrogen and oxygen atoms in total. The summed E-state index contributed by atoms with van der Waals surface area (Å²) in [5.41, 5.74) is 2.19. The largest absolute Gasteiger partial charge is 0.386 e. The van der Waals surface area contributed by atoms with Crippen LogP contribution in [0.4, 0.5) is 0 Å². The van der Waals surface area contributed by atoms with Crippen LogP contribution in [-0.4, -0.2) is 23.1 Å². The van der Waals surface area contributed by atoms with Crippen molar-refractivity contribution in [2.45, 2.75) is 25.0 Å². The second-order valence-corrected chi connectivity index (χ2v) is 5.45. The van der Waals surface area contributed by atoms with Crippen LogP contribution in [0, 0.1) is 0 Å². The van der Waals surface area contributed by atoms with Crippen molar-refractivity contribution in [3.63, 3.8) is 0 Å². The molecule has 2 heteroatoms. The molecule has 104 valence electrons. The molecule has 0 spiro atoms. The van der Waals surface area contributed by atoms with Gasteiger partial charge in [0.1, 0.15) is 0 Å². The summed E-state index contributed by atoms with van der Waals surface area (Å²) in [5, 5.41) is 10.9. The van der Waals surface area contributed by atoms with Gasteiger partial charge in [0.15, 0.2) is 0 Å². The van der Waals surface area contributed by atoms with Crippen molar-refractivity contribution in [1.82, 2.24) is 4.90 Å². The van der Waals surface area contributed by atoms with E-state index < -0.39 is 6.10 Å². The molecule has 20 heavy (non-hydrogen) atoms. The van der Waals surface area contributed by atoms with Crippen LogP contribution in [-0.2, 0) is 0 Å². The van der Waals surface area contributed by atoms with Crippen molar-refractivity contribution in [3.8, 4) is 0 Å². The van der Waals surface area contributed by atoms with Crippen molar-refractivity contribution >= 4 is 0 Å². The fourth-order valence-corrected chi connectivity index (χ4v) is 3.10. The van der Waals surface area contributed by atoms with E-state index in [9.17, 15) is 5.11 Å². The molecule has 0 amide bonds. The zero-order valence-corrected chi connectivity index (χ0v) is 11.7. The minimum atomic E-state index is -0.475. The second kappa shape index (κ2) is 6.21. The van der Waals surface area contributed by atoms with E-state index >= 15 is 0 Å². The van der Waals surface area contributed by atoms with Gasteiger partial charge >= 0.3 is 0 Å². The first-order valence-electron chi connectivity index (χ1n) is 7.38. The van der Waals surface area contributed by atoms with Crippen LogP contribution in [0.25, 0.3) is 0 Å². The molecule has 3 rings (SSSR count). The molecule has 0 aromatic heterocycles. The van der Waals surface area contributed by atoms with Gasteiger partial charge in [-0.1, -0.05) is 60.7 Å². The first kappa shape index (κ1) is 13.3. The lowest BCUT2D eigenvalue weighted by Crippen LogP contribution is -2.30. The van der Waals surface area contributed by atoms with Crippen molar-refractivity contribution < 1.29 is 5.11 Å². The fraction of sp³-hybridized carbons (Fsp3) is 0.333. The smallest absolute Gasteiger partial charge is 0.0986 e. The molecule has 0 radical (unpaired) electrons. The Kier molecular flexibility index (Phi) is 4.14. The maximum absolute atomic E-state index is 10.9. The van der Waals surface area contributed by atoms with E-state index in [4.69, 9.17) is 0 Å². The summed E-state index contributed by atoms with van der Waals surface area (Å²) in [6.45, 7) is 2.15. The van der Waals surface area contributed by atoms with Gasteiger partial charge in [0, 0.05) is 0 Å². The van der Waals surface area contributed by atoms with Crippen LogP contribution >= 0.6 is 0 Å². The molecule has 1 N–H and O–H groups in total. The van der Waals surface area contributed by atoms with E-state index in [1.807, 2.05) is 36.4 Å². The SMILES string of the molecule is O[C@@H](c1ccccc1)[C@H](c1ccccc1)N1CCCC1. The highest BCUT2D eigenvalue weighted by atomic mass is 16.3. The molecule has 1 heterocycles. The molecule has 1 aliphatic rings. The Labute approximate surface area is 120 Å². The van der Waals surface area contributed by atoms with Gasteiger partial charge in [0.2, 0.25) is 0 Å². The highest BCUT2D eigenvalue weighted by molar-refractivity contribution is 5.26. The van der Waals surface area contributed by atoms with Crippen LogP contribution in [0.15, 0.2) is 60.7 Å². The normalized spacial score (nSPS) is 18.9. The van der Waals surface area contributed by atoms with E-state index in [2.05, 4.69) is 29.2 Å². The molecule has 1 aliphatic heterocycles. The molecule has 0 aliphatic carbocycles. The maximum atomic E-state index is 10.9. The lowest BCUT2D eigenvalue weighted by Gasteiger charge is -2.32. The molecule has 2 aromatic carbocycles. The molecule has 1 saturated heterocycles. The van der Waals surface area contributed by atoms with Crippen LogP contribution < -0.4 is 0 Å². The van der Waals surface area contributed by atoms with Gasteiger partial charge in [-0.3, -0.25) is 4.90 Å². The van der Waals surface area contributed by atoms with Gasteiger partial charge in [0.05, 0.1) is 12.1 Å². The Morgan fingerprint density at radius 2 is 1.25 bits per heavy atom. The van der Waals surface area contributed by atoms with Crippen molar-refractivity contribution in [2.75, 3.05) is 13.1 Å². The molecular weight excluding hydrogens is 246 g/mol. The van der Waals surface area contributed by atoms with Gasteiger partial charge < -0.3 is 5.11 Å². The summed E-state index contributed by atoms with van der Waals surface area (Å²) < 4.78 is 0. The van der Waals surface area contributed by atoms with Crippen LogP contribution in [0.2, 0.25) is 0 Å². The van der Waals surface area contributed by atoms with Crippen LogP contribution in [0.3, 0.4) is 0 Å². The molecule has 1 fully saturated rings. The summed E-state index contributed by atoms with van der Waals surface area (Å²) in [7, 11) is 0. The molecular formula is C18H21NO. The van der Waals surface area contributed by atoms with Gasteiger partial charge in [-0.05, 0) is 37.1 Å². The predicted molar refractivity (Wildman–Crippen MR) is 81.4 cm³/mol. The lowest BCUT2D eigenvalue weighted by molar-refractivity contribution is 0.0607. The standard InChI is InChI=1S/C18H21NO/c20-18(16-11-5-2-6-12-16)17(19-13-7-8-14-19)15-9-3-1-4-10-15/h1-6,9-12,17-18,20H,7-8,13-14H2/t17-,18-/m0/s1. The first-order chi connectivity index (χ1) is 9.86. The summed E-state index contributed by atoms with van der Waals surface area (Å²) in [6, 6.07) is 20.4. The van der Waals surface area contributed by atoms with Crippen molar-refractivity contribution in [2.24, 2.45) is 0 Å². The number of nitrogens with zero attached hydrogens (tertiary/aromatic N) is 1. The Hall–Kier alpha value is -1.64. The van der Waals surface area contributed by atoms with E-state index in [0.717, 1.165) is 18.7 Å². The average molecular weight is 267 g/mol. The molecule has 2 atom stereocenters.